The van der Waals surface area contributed by atoms with Gasteiger partial charge in [0.1, 0.15) is 5.82 Å². The van der Waals surface area contributed by atoms with Crippen LogP contribution in [-0.2, 0) is 4.74 Å². The fourth-order valence-corrected chi connectivity index (χ4v) is 1.98. The maximum Gasteiger partial charge on any atom is 0.239 e. The zero-order valence-electron chi connectivity index (χ0n) is 11.1. The average molecular weight is 251 g/mol. The Bertz CT molecular complexity index is 398. The van der Waals surface area contributed by atoms with Gasteiger partial charge in [-0.2, -0.15) is 4.98 Å². The monoisotopic (exact) mass is 251 g/mol. The Morgan fingerprint density at radius 1 is 1.56 bits per heavy atom. The molecule has 5 nitrogen and oxygen atoms in total. The number of aromatic nitrogens is 1. The van der Waals surface area contributed by atoms with Crippen LogP contribution < -0.4 is 15.4 Å². The summed E-state index contributed by atoms with van der Waals surface area (Å²) in [7, 11) is 0. The molecule has 1 unspecified atom stereocenters. The largest absolute Gasteiger partial charge is 0.476 e. The zero-order valence-corrected chi connectivity index (χ0v) is 11.1. The summed E-state index contributed by atoms with van der Waals surface area (Å²) in [5.41, 5.74) is 6.45. The van der Waals surface area contributed by atoms with Gasteiger partial charge in [-0.25, -0.2) is 0 Å². The lowest BCUT2D eigenvalue weighted by atomic mass is 10.2. The summed E-state index contributed by atoms with van der Waals surface area (Å²) in [5.74, 6) is 1.44. The van der Waals surface area contributed by atoms with E-state index >= 15 is 0 Å². The van der Waals surface area contributed by atoms with Crippen LogP contribution in [0.25, 0.3) is 0 Å². The number of ether oxygens (including phenoxy) is 2. The van der Waals surface area contributed by atoms with E-state index in [1.807, 2.05) is 12.1 Å². The summed E-state index contributed by atoms with van der Waals surface area (Å²) in [5, 5.41) is 0. The maximum atomic E-state index is 5.86. The van der Waals surface area contributed by atoms with Crippen LogP contribution in [0.5, 0.6) is 5.88 Å². The van der Waals surface area contributed by atoms with E-state index in [2.05, 4.69) is 23.7 Å². The highest BCUT2D eigenvalue weighted by Crippen LogP contribution is 2.25. The van der Waals surface area contributed by atoms with Gasteiger partial charge in [0.2, 0.25) is 5.88 Å². The van der Waals surface area contributed by atoms with Crippen LogP contribution in [0.4, 0.5) is 11.5 Å². The van der Waals surface area contributed by atoms with Gasteiger partial charge in [-0.05, 0) is 25.5 Å². The Balaban J connectivity index is 2.17. The molecule has 0 radical (unpaired) electrons. The molecule has 1 saturated heterocycles. The van der Waals surface area contributed by atoms with Crippen LogP contribution in [0.15, 0.2) is 12.1 Å². The molecule has 1 aliphatic rings. The minimum atomic E-state index is 0.328. The van der Waals surface area contributed by atoms with Gasteiger partial charge in [-0.1, -0.05) is 6.92 Å². The minimum Gasteiger partial charge on any atom is -0.476 e. The molecule has 0 saturated carbocycles. The molecule has 1 aromatic heterocycles. The number of anilines is 2. The van der Waals surface area contributed by atoms with Crippen LogP contribution in [0.3, 0.4) is 0 Å². The van der Waals surface area contributed by atoms with Crippen LogP contribution >= 0.6 is 0 Å². The number of nitrogen functional groups attached to an aromatic ring is 1. The Kier molecular flexibility index (Phi) is 4.25. The van der Waals surface area contributed by atoms with Crippen molar-refractivity contribution in [2.75, 3.05) is 37.0 Å². The SMILES string of the molecule is CCCOc1nc(N2CCOCC2C)ccc1N. The van der Waals surface area contributed by atoms with Crippen molar-refractivity contribution < 1.29 is 9.47 Å². The third kappa shape index (κ3) is 2.85. The number of pyridine rings is 1. The second-order valence-corrected chi connectivity index (χ2v) is 4.53. The van der Waals surface area contributed by atoms with E-state index in [0.29, 0.717) is 24.2 Å². The van der Waals surface area contributed by atoms with Crippen LogP contribution in [0, 0.1) is 0 Å². The summed E-state index contributed by atoms with van der Waals surface area (Å²) in [6.07, 6.45) is 0.944. The normalized spacial score (nSPS) is 19.9. The number of rotatable bonds is 4. The van der Waals surface area contributed by atoms with Gasteiger partial charge in [-0.15, -0.1) is 0 Å². The van der Waals surface area contributed by atoms with Crippen molar-refractivity contribution >= 4 is 11.5 Å². The number of hydrogen-bond donors (Lipinski definition) is 1. The van der Waals surface area contributed by atoms with Crippen molar-refractivity contribution in [3.05, 3.63) is 12.1 Å². The van der Waals surface area contributed by atoms with Gasteiger partial charge in [-0.3, -0.25) is 0 Å². The van der Waals surface area contributed by atoms with E-state index in [9.17, 15) is 0 Å². The molecule has 1 aliphatic heterocycles. The average Bonchev–Trinajstić information content (AvgIpc) is 2.39. The molecule has 1 aromatic rings. The molecule has 0 aromatic carbocycles. The molecule has 0 bridgehead atoms. The highest BCUT2D eigenvalue weighted by atomic mass is 16.5. The first-order valence-corrected chi connectivity index (χ1v) is 6.46. The predicted molar refractivity (Wildman–Crippen MR) is 72.1 cm³/mol. The molecule has 2 N–H and O–H groups in total. The van der Waals surface area contributed by atoms with Crippen molar-refractivity contribution in [3.63, 3.8) is 0 Å². The van der Waals surface area contributed by atoms with Crippen molar-refractivity contribution in [3.8, 4) is 5.88 Å². The first-order valence-electron chi connectivity index (χ1n) is 6.46. The van der Waals surface area contributed by atoms with Crippen LogP contribution in [0.1, 0.15) is 20.3 Å². The van der Waals surface area contributed by atoms with Crippen molar-refractivity contribution in [2.24, 2.45) is 0 Å². The zero-order chi connectivity index (χ0) is 13.0. The third-order valence-corrected chi connectivity index (χ3v) is 2.98. The second-order valence-electron chi connectivity index (χ2n) is 4.53. The number of nitrogens with two attached hydrogens (primary N) is 1. The third-order valence-electron chi connectivity index (χ3n) is 2.98. The second kappa shape index (κ2) is 5.91. The lowest BCUT2D eigenvalue weighted by Crippen LogP contribution is -2.44. The first kappa shape index (κ1) is 13.0. The van der Waals surface area contributed by atoms with Crippen molar-refractivity contribution in [1.29, 1.82) is 0 Å². The Morgan fingerprint density at radius 2 is 2.39 bits per heavy atom. The molecular formula is C13H21N3O2. The van der Waals surface area contributed by atoms with Crippen LogP contribution in [0.2, 0.25) is 0 Å². The van der Waals surface area contributed by atoms with Gasteiger partial charge in [0.05, 0.1) is 31.5 Å². The standard InChI is InChI=1S/C13H21N3O2/c1-3-7-18-13-11(14)4-5-12(15-13)16-6-8-17-9-10(16)2/h4-5,10H,3,6-9,14H2,1-2H3. The van der Waals surface area contributed by atoms with E-state index in [1.54, 1.807) is 0 Å². The van der Waals surface area contributed by atoms with E-state index in [1.165, 1.54) is 0 Å². The van der Waals surface area contributed by atoms with Crippen molar-refractivity contribution in [2.45, 2.75) is 26.3 Å². The lowest BCUT2D eigenvalue weighted by Gasteiger charge is -2.34. The topological polar surface area (TPSA) is 60.6 Å². The van der Waals surface area contributed by atoms with Crippen molar-refractivity contribution in [1.82, 2.24) is 4.98 Å². The van der Waals surface area contributed by atoms with E-state index in [0.717, 1.165) is 32.0 Å². The molecule has 100 valence electrons. The predicted octanol–water partition coefficient (Wildman–Crippen LogP) is 1.68. The molecular weight excluding hydrogens is 230 g/mol. The fraction of sp³-hybridized carbons (Fsp3) is 0.615. The highest BCUT2D eigenvalue weighted by molar-refractivity contribution is 5.55. The Labute approximate surface area is 108 Å². The summed E-state index contributed by atoms with van der Waals surface area (Å²) >= 11 is 0. The molecule has 2 heterocycles. The van der Waals surface area contributed by atoms with Gasteiger partial charge < -0.3 is 20.1 Å². The number of hydrogen-bond acceptors (Lipinski definition) is 5. The smallest absolute Gasteiger partial charge is 0.239 e. The van der Waals surface area contributed by atoms with Gasteiger partial charge >= 0.3 is 0 Å². The van der Waals surface area contributed by atoms with E-state index in [4.69, 9.17) is 15.2 Å². The molecule has 5 heteroatoms. The molecule has 0 aliphatic carbocycles. The maximum absolute atomic E-state index is 5.86. The fourth-order valence-electron chi connectivity index (χ4n) is 1.98. The molecule has 1 fully saturated rings. The van der Waals surface area contributed by atoms with Crippen LogP contribution in [-0.4, -0.2) is 37.4 Å². The number of morpholine rings is 1. The quantitative estimate of drug-likeness (QED) is 0.882. The molecule has 0 spiro atoms. The summed E-state index contributed by atoms with van der Waals surface area (Å²) in [6, 6.07) is 4.12. The molecule has 18 heavy (non-hydrogen) atoms. The van der Waals surface area contributed by atoms with Gasteiger partial charge in [0, 0.05) is 6.54 Å². The van der Waals surface area contributed by atoms with Gasteiger partial charge in [0.15, 0.2) is 0 Å². The highest BCUT2D eigenvalue weighted by Gasteiger charge is 2.20. The number of nitrogens with zero attached hydrogens (tertiary/aromatic N) is 2. The summed E-state index contributed by atoms with van der Waals surface area (Å²) in [6.45, 7) is 7.15. The van der Waals surface area contributed by atoms with E-state index in [-0.39, 0.29) is 0 Å². The molecule has 1 atom stereocenters. The summed E-state index contributed by atoms with van der Waals surface area (Å²) in [4.78, 5) is 6.73. The minimum absolute atomic E-state index is 0.328. The molecule has 2 rings (SSSR count). The lowest BCUT2D eigenvalue weighted by molar-refractivity contribution is 0.0984. The Morgan fingerprint density at radius 3 is 3.11 bits per heavy atom. The molecule has 0 amide bonds. The Hall–Kier alpha value is -1.49. The van der Waals surface area contributed by atoms with Gasteiger partial charge in [0.25, 0.3) is 0 Å². The first-order chi connectivity index (χ1) is 8.72. The summed E-state index contributed by atoms with van der Waals surface area (Å²) < 4.78 is 11.0. The van der Waals surface area contributed by atoms with E-state index < -0.39 is 0 Å².